The average Bonchev–Trinajstić information content (AvgIpc) is 3.36. The highest BCUT2D eigenvalue weighted by molar-refractivity contribution is 6.53. The average molecular weight is 589 g/mol. The molecular formula is C23H15Cl5N4O4. The summed E-state index contributed by atoms with van der Waals surface area (Å²) in [6, 6.07) is 13.6. The summed E-state index contributed by atoms with van der Waals surface area (Å²) in [5.41, 5.74) is 0.952. The first-order valence-corrected chi connectivity index (χ1v) is 12.1. The molecular weight excluding hydrogens is 574 g/mol. The Morgan fingerprint density at radius 3 is 2.14 bits per heavy atom. The van der Waals surface area contributed by atoms with Crippen LogP contribution in [0.2, 0.25) is 15.1 Å². The van der Waals surface area contributed by atoms with E-state index in [0.29, 0.717) is 15.6 Å². The highest BCUT2D eigenvalue weighted by Crippen LogP contribution is 2.65. The van der Waals surface area contributed by atoms with Crippen LogP contribution in [0.25, 0.3) is 0 Å². The molecule has 13 heteroatoms. The van der Waals surface area contributed by atoms with Crippen molar-refractivity contribution >= 4 is 93.2 Å². The Kier molecular flexibility index (Phi) is 7.54. The van der Waals surface area contributed by atoms with E-state index >= 15 is 0 Å². The van der Waals surface area contributed by atoms with Crippen molar-refractivity contribution in [2.75, 3.05) is 16.0 Å². The number of anilines is 3. The predicted molar refractivity (Wildman–Crippen MR) is 141 cm³/mol. The van der Waals surface area contributed by atoms with Crippen LogP contribution in [0.5, 0.6) is 0 Å². The van der Waals surface area contributed by atoms with Crippen molar-refractivity contribution in [3.05, 3.63) is 80.8 Å². The van der Waals surface area contributed by atoms with Gasteiger partial charge in [-0.3, -0.25) is 14.9 Å². The van der Waals surface area contributed by atoms with Crippen molar-refractivity contribution in [3.8, 4) is 0 Å². The summed E-state index contributed by atoms with van der Waals surface area (Å²) in [5, 5.41) is 17.0. The minimum Gasteiger partial charge on any atom is -0.465 e. The zero-order valence-electron chi connectivity index (χ0n) is 17.9. The van der Waals surface area contributed by atoms with Crippen molar-refractivity contribution in [2.24, 2.45) is 5.92 Å². The minimum atomic E-state index is -1.37. The van der Waals surface area contributed by atoms with Gasteiger partial charge in [0, 0.05) is 21.7 Å². The van der Waals surface area contributed by atoms with Crippen LogP contribution in [0.15, 0.2) is 54.6 Å². The number of rotatable bonds is 6. The standard InChI is InChI=1S/C23H15Cl5N4O4/c24-11-6-10(7-12(25)8-11)18-19(23(18,27)28)21(34)29-13-4-5-15(26)14(9-13)20(33)31-16-2-1-3-17(30-16)32-22(35)36/h1-9,18-19H,(H,29,34)(H,35,36)(H2,30,31,32,33). The Morgan fingerprint density at radius 2 is 1.50 bits per heavy atom. The molecule has 2 aromatic carbocycles. The first kappa shape index (κ1) is 26.3. The molecule has 186 valence electrons. The van der Waals surface area contributed by atoms with E-state index in [9.17, 15) is 14.4 Å². The van der Waals surface area contributed by atoms with Crippen molar-refractivity contribution in [1.29, 1.82) is 0 Å². The number of carboxylic acid groups (broad SMARTS) is 1. The molecule has 4 N–H and O–H groups in total. The number of aromatic nitrogens is 1. The fourth-order valence-electron chi connectivity index (χ4n) is 3.69. The smallest absolute Gasteiger partial charge is 0.410 e. The molecule has 1 heterocycles. The third-order valence-electron chi connectivity index (χ3n) is 5.28. The van der Waals surface area contributed by atoms with Crippen LogP contribution in [0.1, 0.15) is 21.8 Å². The second kappa shape index (κ2) is 10.3. The van der Waals surface area contributed by atoms with Gasteiger partial charge in [0.25, 0.3) is 5.91 Å². The molecule has 0 spiro atoms. The summed E-state index contributed by atoms with van der Waals surface area (Å²) >= 11 is 31.1. The number of carbonyl (C=O) groups is 3. The quantitative estimate of drug-likeness (QED) is 0.233. The SMILES string of the molecule is O=C(O)Nc1cccc(NC(=O)c2cc(NC(=O)C3C(c4cc(Cl)cc(Cl)c4)C3(Cl)Cl)ccc2Cl)n1. The molecule has 2 unspecified atom stereocenters. The lowest BCUT2D eigenvalue weighted by Crippen LogP contribution is -2.18. The largest absolute Gasteiger partial charge is 0.465 e. The molecule has 0 saturated heterocycles. The lowest BCUT2D eigenvalue weighted by Gasteiger charge is -2.10. The topological polar surface area (TPSA) is 120 Å². The summed E-state index contributed by atoms with van der Waals surface area (Å²) < 4.78 is -1.37. The number of nitrogens with one attached hydrogen (secondary N) is 3. The van der Waals surface area contributed by atoms with E-state index < -0.39 is 34.1 Å². The number of pyridine rings is 1. The van der Waals surface area contributed by atoms with Crippen LogP contribution in [-0.4, -0.2) is 32.3 Å². The lowest BCUT2D eigenvalue weighted by molar-refractivity contribution is -0.117. The molecule has 1 saturated carbocycles. The van der Waals surface area contributed by atoms with Crippen LogP contribution in [0.4, 0.5) is 22.1 Å². The molecule has 2 atom stereocenters. The van der Waals surface area contributed by atoms with Gasteiger partial charge in [0.15, 0.2) is 0 Å². The maximum atomic E-state index is 13.0. The van der Waals surface area contributed by atoms with Crippen molar-refractivity contribution in [3.63, 3.8) is 0 Å². The van der Waals surface area contributed by atoms with Gasteiger partial charge in [0.05, 0.1) is 16.5 Å². The van der Waals surface area contributed by atoms with Gasteiger partial charge in [-0.05, 0) is 54.1 Å². The summed E-state index contributed by atoms with van der Waals surface area (Å²) in [6.07, 6.45) is -1.30. The van der Waals surface area contributed by atoms with Crippen LogP contribution in [0, 0.1) is 5.92 Å². The molecule has 4 rings (SSSR count). The number of halogens is 5. The van der Waals surface area contributed by atoms with Gasteiger partial charge in [0.1, 0.15) is 16.0 Å². The normalized spacial score (nSPS) is 17.7. The fraction of sp³-hybridized carbons (Fsp3) is 0.130. The Bertz CT molecular complexity index is 1360. The zero-order valence-corrected chi connectivity index (χ0v) is 21.6. The van der Waals surface area contributed by atoms with Crippen molar-refractivity contribution in [1.82, 2.24) is 4.98 Å². The molecule has 1 aromatic heterocycles. The molecule has 0 aliphatic heterocycles. The zero-order chi connectivity index (χ0) is 26.2. The van der Waals surface area contributed by atoms with Gasteiger partial charge in [-0.15, -0.1) is 23.2 Å². The van der Waals surface area contributed by atoms with E-state index in [0.717, 1.165) is 0 Å². The number of amides is 3. The molecule has 36 heavy (non-hydrogen) atoms. The van der Waals surface area contributed by atoms with E-state index in [4.69, 9.17) is 63.1 Å². The molecule has 3 amide bonds. The predicted octanol–water partition coefficient (Wildman–Crippen LogP) is 6.91. The van der Waals surface area contributed by atoms with Crippen LogP contribution in [-0.2, 0) is 4.79 Å². The maximum absolute atomic E-state index is 13.0. The number of hydrogen-bond donors (Lipinski definition) is 4. The van der Waals surface area contributed by atoms with Crippen molar-refractivity contribution in [2.45, 2.75) is 10.3 Å². The van der Waals surface area contributed by atoms with E-state index in [1.807, 2.05) is 0 Å². The van der Waals surface area contributed by atoms with Crippen LogP contribution >= 0.6 is 58.0 Å². The fourth-order valence-corrected chi connectivity index (χ4v) is 5.26. The summed E-state index contributed by atoms with van der Waals surface area (Å²) in [4.78, 5) is 40.6. The molecule has 1 fully saturated rings. The summed E-state index contributed by atoms with van der Waals surface area (Å²) in [5.74, 6) is -2.31. The Morgan fingerprint density at radius 1 is 0.861 bits per heavy atom. The number of carbonyl (C=O) groups excluding carboxylic acids is 2. The summed E-state index contributed by atoms with van der Waals surface area (Å²) in [7, 11) is 0. The first-order valence-electron chi connectivity index (χ1n) is 10.2. The van der Waals surface area contributed by atoms with Gasteiger partial charge in [-0.25, -0.2) is 9.78 Å². The Labute approximate surface area is 229 Å². The molecule has 1 aliphatic carbocycles. The molecule has 3 aromatic rings. The van der Waals surface area contributed by atoms with Gasteiger partial charge in [-0.1, -0.05) is 40.9 Å². The van der Waals surface area contributed by atoms with Crippen molar-refractivity contribution < 1.29 is 19.5 Å². The monoisotopic (exact) mass is 586 g/mol. The van der Waals surface area contributed by atoms with Crippen LogP contribution < -0.4 is 16.0 Å². The van der Waals surface area contributed by atoms with E-state index in [2.05, 4.69) is 20.9 Å². The van der Waals surface area contributed by atoms with E-state index in [1.165, 1.54) is 36.4 Å². The van der Waals surface area contributed by atoms with E-state index in [1.54, 1.807) is 18.2 Å². The highest BCUT2D eigenvalue weighted by atomic mass is 35.5. The molecule has 1 aliphatic rings. The van der Waals surface area contributed by atoms with Gasteiger partial charge < -0.3 is 15.7 Å². The Balaban J connectivity index is 1.49. The second-order valence-corrected chi connectivity index (χ2v) is 10.5. The van der Waals surface area contributed by atoms with Crippen LogP contribution in [0.3, 0.4) is 0 Å². The molecule has 8 nitrogen and oxygen atoms in total. The molecule has 0 radical (unpaired) electrons. The maximum Gasteiger partial charge on any atom is 0.410 e. The van der Waals surface area contributed by atoms with E-state index in [-0.39, 0.29) is 27.9 Å². The number of benzene rings is 2. The van der Waals surface area contributed by atoms with Gasteiger partial charge in [0.2, 0.25) is 5.91 Å². The number of alkyl halides is 2. The third kappa shape index (κ3) is 5.79. The second-order valence-electron chi connectivity index (χ2n) is 7.81. The van der Waals surface area contributed by atoms with Gasteiger partial charge >= 0.3 is 6.09 Å². The number of nitrogens with zero attached hydrogens (tertiary/aromatic N) is 1. The third-order valence-corrected chi connectivity index (χ3v) is 6.99. The minimum absolute atomic E-state index is 0.0259. The van der Waals surface area contributed by atoms with Gasteiger partial charge in [-0.2, -0.15) is 0 Å². The number of hydrogen-bond acceptors (Lipinski definition) is 4. The Hall–Kier alpha value is -2.75. The highest BCUT2D eigenvalue weighted by Gasteiger charge is 2.67. The molecule has 0 bridgehead atoms. The lowest BCUT2D eigenvalue weighted by atomic mass is 10.1. The first-order chi connectivity index (χ1) is 17.0. The summed E-state index contributed by atoms with van der Waals surface area (Å²) in [6.45, 7) is 0.